The molecule has 0 heterocycles. The summed E-state index contributed by atoms with van der Waals surface area (Å²) in [6.45, 7) is 10.3. The van der Waals surface area contributed by atoms with E-state index in [1.54, 1.807) is 0 Å². The van der Waals surface area contributed by atoms with E-state index in [-0.39, 0.29) is 6.61 Å². The first kappa shape index (κ1) is 16.8. The van der Waals surface area contributed by atoms with E-state index in [1.807, 2.05) is 0 Å². The van der Waals surface area contributed by atoms with Crippen molar-refractivity contribution < 1.29 is 19.3 Å². The molecule has 0 unspecified atom stereocenters. The molecule has 0 spiro atoms. The van der Waals surface area contributed by atoms with Crippen LogP contribution in [0.4, 0.5) is 0 Å². The van der Waals surface area contributed by atoms with Crippen LogP contribution >= 0.6 is 0 Å². The molecule has 0 aromatic carbocycles. The summed E-state index contributed by atoms with van der Waals surface area (Å²) in [5, 5.41) is 8.46. The van der Waals surface area contributed by atoms with E-state index in [2.05, 4.69) is 20.8 Å². The van der Waals surface area contributed by atoms with Crippen molar-refractivity contribution in [1.29, 1.82) is 0 Å². The molecule has 0 amide bonds. The Labute approximate surface area is 105 Å². The second kappa shape index (κ2) is 11.0. The quantitative estimate of drug-likeness (QED) is 0.567. The first-order valence-corrected chi connectivity index (χ1v) is 6.40. The Bertz CT molecular complexity index is 154. The Morgan fingerprint density at radius 2 is 1.24 bits per heavy atom. The lowest BCUT2D eigenvalue weighted by atomic mass is 9.91. The maximum Gasteiger partial charge on any atom is 0.0701 e. The van der Waals surface area contributed by atoms with E-state index in [9.17, 15) is 0 Å². The zero-order valence-electron chi connectivity index (χ0n) is 11.5. The minimum absolute atomic E-state index is 0.0664. The number of ether oxygens (including phenoxy) is 3. The van der Waals surface area contributed by atoms with E-state index in [4.69, 9.17) is 19.3 Å². The first-order valence-electron chi connectivity index (χ1n) is 6.40. The monoisotopic (exact) mass is 248 g/mol. The topological polar surface area (TPSA) is 47.9 Å². The lowest BCUT2D eigenvalue weighted by Gasteiger charge is -2.17. The highest BCUT2D eigenvalue weighted by atomic mass is 16.5. The molecule has 17 heavy (non-hydrogen) atoms. The van der Waals surface area contributed by atoms with Gasteiger partial charge in [0.2, 0.25) is 0 Å². The number of hydrogen-bond donors (Lipinski definition) is 1. The van der Waals surface area contributed by atoms with Gasteiger partial charge in [-0.05, 0) is 18.3 Å². The van der Waals surface area contributed by atoms with E-state index >= 15 is 0 Å². The van der Waals surface area contributed by atoms with Gasteiger partial charge in [0.05, 0.1) is 39.6 Å². The lowest BCUT2D eigenvalue weighted by Crippen LogP contribution is -2.12. The summed E-state index contributed by atoms with van der Waals surface area (Å²) < 4.78 is 15.8. The zero-order chi connectivity index (χ0) is 13.0. The third kappa shape index (κ3) is 15.8. The van der Waals surface area contributed by atoms with Gasteiger partial charge in [0, 0.05) is 6.61 Å². The zero-order valence-corrected chi connectivity index (χ0v) is 11.5. The fourth-order valence-corrected chi connectivity index (χ4v) is 1.31. The van der Waals surface area contributed by atoms with Gasteiger partial charge in [-0.25, -0.2) is 0 Å². The van der Waals surface area contributed by atoms with Crippen molar-refractivity contribution in [1.82, 2.24) is 0 Å². The minimum Gasteiger partial charge on any atom is -0.394 e. The fourth-order valence-electron chi connectivity index (χ4n) is 1.31. The molecule has 0 aromatic heterocycles. The predicted octanol–water partition coefficient (Wildman–Crippen LogP) is 1.85. The van der Waals surface area contributed by atoms with Gasteiger partial charge in [-0.15, -0.1) is 0 Å². The molecule has 0 rings (SSSR count). The summed E-state index contributed by atoms with van der Waals surface area (Å²) in [7, 11) is 0. The maximum atomic E-state index is 8.46. The summed E-state index contributed by atoms with van der Waals surface area (Å²) >= 11 is 0. The molecule has 0 aliphatic carbocycles. The maximum absolute atomic E-state index is 8.46. The van der Waals surface area contributed by atoms with Crippen molar-refractivity contribution in [3.8, 4) is 0 Å². The SMILES string of the molecule is CC(C)(C)CCCOCCOCCOCCO. The molecular weight excluding hydrogens is 220 g/mol. The van der Waals surface area contributed by atoms with Crippen LogP contribution < -0.4 is 0 Å². The highest BCUT2D eigenvalue weighted by Crippen LogP contribution is 2.20. The first-order chi connectivity index (χ1) is 8.06. The van der Waals surface area contributed by atoms with E-state index in [0.717, 1.165) is 13.0 Å². The van der Waals surface area contributed by atoms with Crippen LogP contribution in [0.3, 0.4) is 0 Å². The van der Waals surface area contributed by atoms with Crippen LogP contribution in [0.1, 0.15) is 33.6 Å². The van der Waals surface area contributed by atoms with Gasteiger partial charge in [0.1, 0.15) is 0 Å². The van der Waals surface area contributed by atoms with Crippen LogP contribution in [0, 0.1) is 5.41 Å². The number of rotatable bonds is 11. The molecule has 0 atom stereocenters. The van der Waals surface area contributed by atoms with Crippen molar-refractivity contribution in [2.75, 3.05) is 46.2 Å². The summed E-state index contributed by atoms with van der Waals surface area (Å²) in [6.07, 6.45) is 2.28. The second-order valence-electron chi connectivity index (χ2n) is 5.22. The van der Waals surface area contributed by atoms with Crippen LogP contribution in [0.25, 0.3) is 0 Å². The van der Waals surface area contributed by atoms with Crippen molar-refractivity contribution in [2.24, 2.45) is 5.41 Å². The lowest BCUT2D eigenvalue weighted by molar-refractivity contribution is 0.00651. The van der Waals surface area contributed by atoms with Gasteiger partial charge >= 0.3 is 0 Å². The van der Waals surface area contributed by atoms with Gasteiger partial charge in [-0.1, -0.05) is 20.8 Å². The van der Waals surface area contributed by atoms with Gasteiger partial charge in [-0.3, -0.25) is 0 Å². The summed E-state index contributed by atoms with van der Waals surface area (Å²) in [6, 6.07) is 0. The smallest absolute Gasteiger partial charge is 0.0701 e. The van der Waals surface area contributed by atoms with E-state index < -0.39 is 0 Å². The third-order valence-electron chi connectivity index (χ3n) is 2.20. The van der Waals surface area contributed by atoms with Gasteiger partial charge < -0.3 is 19.3 Å². The van der Waals surface area contributed by atoms with Crippen molar-refractivity contribution in [3.63, 3.8) is 0 Å². The molecular formula is C13H28O4. The molecule has 1 N–H and O–H groups in total. The Morgan fingerprint density at radius 3 is 1.71 bits per heavy atom. The largest absolute Gasteiger partial charge is 0.394 e. The fraction of sp³-hybridized carbons (Fsp3) is 1.00. The molecule has 0 fully saturated rings. The second-order valence-corrected chi connectivity index (χ2v) is 5.22. The normalized spacial score (nSPS) is 12.0. The molecule has 0 aromatic rings. The Kier molecular flexibility index (Phi) is 10.9. The van der Waals surface area contributed by atoms with Crippen molar-refractivity contribution in [2.45, 2.75) is 33.6 Å². The average Bonchev–Trinajstić information content (AvgIpc) is 2.24. The van der Waals surface area contributed by atoms with E-state index in [1.165, 1.54) is 6.42 Å². The minimum atomic E-state index is 0.0664. The molecule has 4 nitrogen and oxygen atoms in total. The Balaban J connectivity index is 2.99. The van der Waals surface area contributed by atoms with E-state index in [0.29, 0.717) is 38.4 Å². The summed E-state index contributed by atoms with van der Waals surface area (Å²) in [4.78, 5) is 0. The number of hydrogen-bond acceptors (Lipinski definition) is 4. The molecule has 4 heteroatoms. The molecule has 0 aliphatic heterocycles. The number of aliphatic hydroxyl groups excluding tert-OH is 1. The van der Waals surface area contributed by atoms with Gasteiger partial charge in [0.15, 0.2) is 0 Å². The van der Waals surface area contributed by atoms with Crippen LogP contribution in [0.15, 0.2) is 0 Å². The van der Waals surface area contributed by atoms with Crippen LogP contribution in [-0.2, 0) is 14.2 Å². The van der Waals surface area contributed by atoms with Gasteiger partial charge in [0.25, 0.3) is 0 Å². The van der Waals surface area contributed by atoms with Crippen molar-refractivity contribution >= 4 is 0 Å². The van der Waals surface area contributed by atoms with Crippen LogP contribution in [0.2, 0.25) is 0 Å². The summed E-state index contributed by atoms with van der Waals surface area (Å²) in [5.74, 6) is 0. The number of aliphatic hydroxyl groups is 1. The average molecular weight is 248 g/mol. The molecule has 0 radical (unpaired) electrons. The van der Waals surface area contributed by atoms with Gasteiger partial charge in [-0.2, -0.15) is 0 Å². The molecule has 0 saturated carbocycles. The van der Waals surface area contributed by atoms with Crippen molar-refractivity contribution in [3.05, 3.63) is 0 Å². The molecule has 0 bridgehead atoms. The Morgan fingerprint density at radius 1 is 0.765 bits per heavy atom. The predicted molar refractivity (Wildman–Crippen MR) is 68.2 cm³/mol. The molecule has 0 aliphatic rings. The van der Waals surface area contributed by atoms with Crippen LogP contribution in [0.5, 0.6) is 0 Å². The highest BCUT2D eigenvalue weighted by molar-refractivity contribution is 4.60. The third-order valence-corrected chi connectivity index (χ3v) is 2.20. The van der Waals surface area contributed by atoms with Crippen LogP contribution in [-0.4, -0.2) is 51.4 Å². The standard InChI is InChI=1S/C13H28O4/c1-13(2,3)5-4-7-15-9-11-17-12-10-16-8-6-14/h14H,4-12H2,1-3H3. The molecule has 0 saturated heterocycles. The summed E-state index contributed by atoms with van der Waals surface area (Å²) in [5.41, 5.74) is 0.393. The highest BCUT2D eigenvalue weighted by Gasteiger charge is 2.08. The molecule has 104 valence electrons. The Hall–Kier alpha value is -0.160.